The first-order valence-electron chi connectivity index (χ1n) is 5.57. The number of nitrogens with zero attached hydrogens (tertiary/aromatic N) is 2. The third-order valence-electron chi connectivity index (χ3n) is 2.75. The number of morpholine rings is 1. The van der Waals surface area contributed by atoms with E-state index in [0.29, 0.717) is 24.2 Å². The van der Waals surface area contributed by atoms with Crippen molar-refractivity contribution in [3.8, 4) is 0 Å². The highest BCUT2D eigenvalue weighted by molar-refractivity contribution is 9.10. The maximum absolute atomic E-state index is 13.0. The van der Waals surface area contributed by atoms with Gasteiger partial charge in [0.2, 0.25) is 0 Å². The Morgan fingerprint density at radius 2 is 2.26 bits per heavy atom. The van der Waals surface area contributed by atoms with Crippen LogP contribution in [0.15, 0.2) is 16.7 Å². The van der Waals surface area contributed by atoms with Crippen LogP contribution in [0.25, 0.3) is 0 Å². The molecule has 1 aliphatic rings. The molecule has 1 unspecified atom stereocenters. The van der Waals surface area contributed by atoms with Gasteiger partial charge in [-0.1, -0.05) is 0 Å². The fourth-order valence-corrected chi connectivity index (χ4v) is 2.42. The van der Waals surface area contributed by atoms with Crippen LogP contribution in [0, 0.1) is 0 Å². The SMILES string of the molecule is FC(F)(F)c1cc(Br)cnc1N1CCOC(CCl)C1. The average Bonchev–Trinajstić information content (AvgIpc) is 2.37. The molecule has 1 fully saturated rings. The zero-order chi connectivity index (χ0) is 14.0. The Bertz CT molecular complexity index is 458. The number of rotatable bonds is 2. The van der Waals surface area contributed by atoms with Crippen molar-refractivity contribution in [2.75, 3.05) is 30.5 Å². The van der Waals surface area contributed by atoms with E-state index in [1.54, 1.807) is 4.90 Å². The Hall–Kier alpha value is -0.530. The van der Waals surface area contributed by atoms with E-state index in [0.717, 1.165) is 6.07 Å². The van der Waals surface area contributed by atoms with Gasteiger partial charge in [0, 0.05) is 23.8 Å². The van der Waals surface area contributed by atoms with Crippen molar-refractivity contribution >= 4 is 33.3 Å². The first kappa shape index (κ1) is 14.9. The van der Waals surface area contributed by atoms with Crippen LogP contribution in [0.1, 0.15) is 5.56 Å². The molecule has 0 N–H and O–H groups in total. The molecule has 0 amide bonds. The molecule has 0 aromatic carbocycles. The summed E-state index contributed by atoms with van der Waals surface area (Å²) in [5.74, 6) is 0.170. The molecule has 1 aromatic rings. The van der Waals surface area contributed by atoms with Crippen LogP contribution >= 0.6 is 27.5 Å². The van der Waals surface area contributed by atoms with E-state index >= 15 is 0 Å². The minimum atomic E-state index is -4.44. The zero-order valence-electron chi connectivity index (χ0n) is 9.75. The van der Waals surface area contributed by atoms with Crippen molar-refractivity contribution < 1.29 is 17.9 Å². The van der Waals surface area contributed by atoms with Gasteiger partial charge in [-0.3, -0.25) is 0 Å². The van der Waals surface area contributed by atoms with Crippen LogP contribution in [0.2, 0.25) is 0 Å². The first-order valence-corrected chi connectivity index (χ1v) is 6.90. The fraction of sp³-hybridized carbons (Fsp3) is 0.545. The summed E-state index contributed by atoms with van der Waals surface area (Å²) in [6, 6.07) is 1.04. The predicted octanol–water partition coefficient (Wildman–Crippen LogP) is 3.31. The molecule has 8 heteroatoms. The molecule has 0 radical (unpaired) electrons. The second-order valence-corrected chi connectivity index (χ2v) is 5.34. The predicted molar refractivity (Wildman–Crippen MR) is 69.6 cm³/mol. The van der Waals surface area contributed by atoms with Gasteiger partial charge in [0.15, 0.2) is 0 Å². The molecule has 0 spiro atoms. The number of hydrogen-bond acceptors (Lipinski definition) is 3. The normalized spacial score (nSPS) is 20.7. The van der Waals surface area contributed by atoms with E-state index in [2.05, 4.69) is 20.9 Å². The van der Waals surface area contributed by atoms with Crippen LogP contribution in [-0.4, -0.2) is 36.7 Å². The van der Waals surface area contributed by atoms with Gasteiger partial charge in [-0.15, -0.1) is 11.6 Å². The number of hydrogen-bond donors (Lipinski definition) is 0. The largest absolute Gasteiger partial charge is 0.419 e. The van der Waals surface area contributed by atoms with Gasteiger partial charge in [0.25, 0.3) is 0 Å². The highest BCUT2D eigenvalue weighted by atomic mass is 79.9. The molecule has 0 bridgehead atoms. The van der Waals surface area contributed by atoms with E-state index in [1.165, 1.54) is 6.20 Å². The molecular formula is C11H11BrClF3N2O. The number of aromatic nitrogens is 1. The molecule has 0 saturated carbocycles. The molecule has 2 rings (SSSR count). The minimum Gasteiger partial charge on any atom is -0.373 e. The second kappa shape index (κ2) is 5.85. The Balaban J connectivity index is 2.33. The summed E-state index contributed by atoms with van der Waals surface area (Å²) in [6.07, 6.45) is -3.36. The molecule has 2 heterocycles. The standard InChI is InChI=1S/C11H11BrClF3N2O/c12-7-3-9(11(14,15)16)10(17-5-7)18-1-2-19-8(4-13)6-18/h3,5,8H,1-2,4,6H2. The lowest BCUT2D eigenvalue weighted by Gasteiger charge is -2.34. The summed E-state index contributed by atoms with van der Waals surface area (Å²) in [5.41, 5.74) is -0.753. The Labute approximate surface area is 121 Å². The van der Waals surface area contributed by atoms with Gasteiger partial charge in [-0.05, 0) is 22.0 Å². The topological polar surface area (TPSA) is 25.4 Å². The molecule has 19 heavy (non-hydrogen) atoms. The Kier molecular flexibility index (Phi) is 4.58. The molecule has 106 valence electrons. The molecule has 1 aromatic heterocycles. The molecule has 3 nitrogen and oxygen atoms in total. The minimum absolute atomic E-state index is 0.0749. The highest BCUT2D eigenvalue weighted by Gasteiger charge is 2.37. The lowest BCUT2D eigenvalue weighted by atomic mass is 10.2. The molecule has 0 aliphatic carbocycles. The van der Waals surface area contributed by atoms with E-state index in [9.17, 15) is 13.2 Å². The first-order chi connectivity index (χ1) is 8.91. The maximum atomic E-state index is 13.0. The van der Waals surface area contributed by atoms with Crippen molar-refractivity contribution in [3.05, 3.63) is 22.3 Å². The molecule has 1 saturated heterocycles. The summed E-state index contributed by atoms with van der Waals surface area (Å²) >= 11 is 8.70. The summed E-state index contributed by atoms with van der Waals surface area (Å²) in [5, 5.41) is 0. The molecule has 1 atom stereocenters. The highest BCUT2D eigenvalue weighted by Crippen LogP contribution is 2.37. The van der Waals surface area contributed by atoms with Gasteiger partial charge >= 0.3 is 6.18 Å². The summed E-state index contributed by atoms with van der Waals surface area (Å²) in [4.78, 5) is 5.46. The molecular weight excluding hydrogens is 348 g/mol. The second-order valence-electron chi connectivity index (χ2n) is 4.12. The van der Waals surface area contributed by atoms with Gasteiger partial charge in [-0.2, -0.15) is 13.2 Å². The van der Waals surface area contributed by atoms with Crippen molar-refractivity contribution in [3.63, 3.8) is 0 Å². The van der Waals surface area contributed by atoms with Gasteiger partial charge in [-0.25, -0.2) is 4.98 Å². The number of anilines is 1. The Morgan fingerprint density at radius 3 is 2.89 bits per heavy atom. The summed E-state index contributed by atoms with van der Waals surface area (Å²) in [7, 11) is 0. The van der Waals surface area contributed by atoms with E-state index < -0.39 is 11.7 Å². The van der Waals surface area contributed by atoms with Crippen molar-refractivity contribution in [2.45, 2.75) is 12.3 Å². The molecule has 1 aliphatic heterocycles. The summed E-state index contributed by atoms with van der Waals surface area (Å²) < 4.78 is 44.7. The third kappa shape index (κ3) is 3.52. The zero-order valence-corrected chi connectivity index (χ0v) is 12.1. The summed E-state index contributed by atoms with van der Waals surface area (Å²) in [6.45, 7) is 1.01. The maximum Gasteiger partial charge on any atom is 0.419 e. The smallest absolute Gasteiger partial charge is 0.373 e. The van der Waals surface area contributed by atoms with Crippen LogP contribution in [0.5, 0.6) is 0 Å². The lowest BCUT2D eigenvalue weighted by molar-refractivity contribution is -0.137. The number of pyridine rings is 1. The van der Waals surface area contributed by atoms with Crippen LogP contribution in [0.3, 0.4) is 0 Å². The Morgan fingerprint density at radius 1 is 1.53 bits per heavy atom. The number of alkyl halides is 4. The monoisotopic (exact) mass is 358 g/mol. The number of ether oxygens (including phenoxy) is 1. The van der Waals surface area contributed by atoms with E-state index in [4.69, 9.17) is 16.3 Å². The average molecular weight is 360 g/mol. The van der Waals surface area contributed by atoms with E-state index in [-0.39, 0.29) is 17.8 Å². The van der Waals surface area contributed by atoms with Crippen LogP contribution in [0.4, 0.5) is 19.0 Å². The van der Waals surface area contributed by atoms with Crippen LogP contribution in [-0.2, 0) is 10.9 Å². The van der Waals surface area contributed by atoms with Gasteiger partial charge < -0.3 is 9.64 Å². The van der Waals surface area contributed by atoms with Crippen molar-refractivity contribution in [2.24, 2.45) is 0 Å². The third-order valence-corrected chi connectivity index (χ3v) is 3.53. The number of halogens is 5. The lowest BCUT2D eigenvalue weighted by Crippen LogP contribution is -2.44. The van der Waals surface area contributed by atoms with Crippen molar-refractivity contribution in [1.29, 1.82) is 0 Å². The van der Waals surface area contributed by atoms with Gasteiger partial charge in [0.1, 0.15) is 5.82 Å². The fourth-order valence-electron chi connectivity index (χ4n) is 1.90. The van der Waals surface area contributed by atoms with Crippen molar-refractivity contribution in [1.82, 2.24) is 4.98 Å². The quantitative estimate of drug-likeness (QED) is 0.758. The van der Waals surface area contributed by atoms with Crippen LogP contribution < -0.4 is 4.90 Å². The van der Waals surface area contributed by atoms with E-state index in [1.807, 2.05) is 0 Å². The van der Waals surface area contributed by atoms with Gasteiger partial charge in [0.05, 0.1) is 24.2 Å².